The van der Waals surface area contributed by atoms with E-state index in [4.69, 9.17) is 32.5 Å². The van der Waals surface area contributed by atoms with E-state index in [-0.39, 0.29) is 6.61 Å². The molecule has 44 heavy (non-hydrogen) atoms. The number of phosphoric ester groups is 1. The van der Waals surface area contributed by atoms with Gasteiger partial charge in [0.1, 0.15) is 12.2 Å². The van der Waals surface area contributed by atoms with E-state index in [1.54, 1.807) is 13.8 Å². The van der Waals surface area contributed by atoms with Crippen LogP contribution in [0.3, 0.4) is 0 Å². The lowest BCUT2D eigenvalue weighted by molar-refractivity contribution is -0.228. The molecule has 2 saturated heterocycles. The number of phosphoric acid groups is 1. The van der Waals surface area contributed by atoms with Crippen molar-refractivity contribution < 1.29 is 37.1 Å². The molecule has 13 heteroatoms. The van der Waals surface area contributed by atoms with Crippen molar-refractivity contribution in [1.29, 1.82) is 0 Å². The molecule has 3 rings (SSSR count). The van der Waals surface area contributed by atoms with Crippen LogP contribution < -0.4 is 11.2 Å². The molecule has 2 aliphatic heterocycles. The van der Waals surface area contributed by atoms with Crippen LogP contribution in [-0.4, -0.2) is 60.8 Å². The zero-order chi connectivity index (χ0) is 31.8. The van der Waals surface area contributed by atoms with E-state index in [0.717, 1.165) is 6.42 Å². The third-order valence-electron chi connectivity index (χ3n) is 7.89. The fourth-order valence-electron chi connectivity index (χ4n) is 5.57. The van der Waals surface area contributed by atoms with E-state index in [0.29, 0.717) is 19.6 Å². The Labute approximate surface area is 262 Å². The van der Waals surface area contributed by atoms with Crippen LogP contribution in [0.25, 0.3) is 0 Å². The van der Waals surface area contributed by atoms with Crippen LogP contribution >= 0.6 is 7.82 Å². The van der Waals surface area contributed by atoms with Crippen molar-refractivity contribution in [1.82, 2.24) is 9.55 Å². The van der Waals surface area contributed by atoms with Gasteiger partial charge < -0.3 is 18.9 Å². The van der Waals surface area contributed by atoms with Gasteiger partial charge in [0.15, 0.2) is 12.0 Å². The number of hydrogen-bond acceptors (Lipinski definition) is 10. The Bertz CT molecular complexity index is 1110. The van der Waals surface area contributed by atoms with Gasteiger partial charge in [-0.1, -0.05) is 90.4 Å². The Morgan fingerprint density at radius 1 is 0.841 bits per heavy atom. The van der Waals surface area contributed by atoms with Crippen molar-refractivity contribution in [2.45, 2.75) is 148 Å². The third kappa shape index (κ3) is 12.4. The lowest BCUT2D eigenvalue weighted by Crippen LogP contribution is -2.37. The summed E-state index contributed by atoms with van der Waals surface area (Å²) in [7, 11) is -2.81. The van der Waals surface area contributed by atoms with Gasteiger partial charge in [-0.3, -0.25) is 27.9 Å². The minimum atomic E-state index is -4.03. The van der Waals surface area contributed by atoms with Crippen LogP contribution in [0, 0.1) is 0 Å². The highest BCUT2D eigenvalue weighted by Crippen LogP contribution is 2.54. The second kappa shape index (κ2) is 19.3. The molecule has 3 heterocycles. The second-order valence-corrected chi connectivity index (χ2v) is 13.8. The van der Waals surface area contributed by atoms with Crippen LogP contribution in [-0.2, 0) is 37.1 Å². The molecular formula is C31H55N2O10P. The average molecular weight is 647 g/mol. The summed E-state index contributed by atoms with van der Waals surface area (Å²) in [5.74, 6) is -1.01. The van der Waals surface area contributed by atoms with E-state index < -0.39 is 49.6 Å². The summed E-state index contributed by atoms with van der Waals surface area (Å²) < 4.78 is 54.1. The molecule has 5 atom stereocenters. The van der Waals surface area contributed by atoms with Crippen LogP contribution in [0.4, 0.5) is 0 Å². The third-order valence-corrected chi connectivity index (χ3v) is 9.30. The van der Waals surface area contributed by atoms with Crippen molar-refractivity contribution >= 4 is 7.82 Å². The summed E-state index contributed by atoms with van der Waals surface area (Å²) >= 11 is 0. The number of hydrogen-bond donors (Lipinski definition) is 1. The highest BCUT2D eigenvalue weighted by atomic mass is 31.2. The smallest absolute Gasteiger partial charge is 0.381 e. The monoisotopic (exact) mass is 646 g/mol. The molecule has 1 aromatic heterocycles. The van der Waals surface area contributed by atoms with Crippen LogP contribution in [0.5, 0.6) is 0 Å². The molecule has 0 spiro atoms. The van der Waals surface area contributed by atoms with Crippen molar-refractivity contribution in [3.05, 3.63) is 33.1 Å². The Hall–Kier alpha value is -1.37. The molecule has 1 aromatic rings. The molecule has 2 aliphatic rings. The highest BCUT2D eigenvalue weighted by Gasteiger charge is 2.58. The van der Waals surface area contributed by atoms with Gasteiger partial charge in [-0.25, -0.2) is 9.36 Å². The molecule has 0 aliphatic carbocycles. The Morgan fingerprint density at radius 2 is 1.41 bits per heavy atom. The fourth-order valence-corrected chi connectivity index (χ4v) is 6.60. The molecule has 0 amide bonds. The summed E-state index contributed by atoms with van der Waals surface area (Å²) in [6.07, 6.45) is 16.4. The number of aromatic nitrogens is 2. The van der Waals surface area contributed by atoms with E-state index in [1.807, 2.05) is 0 Å². The highest BCUT2D eigenvalue weighted by molar-refractivity contribution is 7.48. The molecule has 254 valence electrons. The summed E-state index contributed by atoms with van der Waals surface area (Å²) in [5, 5.41) is 0. The number of fused-ring (bicyclic) bond motifs is 1. The normalized spacial score (nSPS) is 24.0. The van der Waals surface area contributed by atoms with Gasteiger partial charge in [0.2, 0.25) is 6.29 Å². The maximum Gasteiger partial charge on any atom is 0.476 e. The predicted molar refractivity (Wildman–Crippen MR) is 166 cm³/mol. The number of aromatic amines is 1. The summed E-state index contributed by atoms with van der Waals surface area (Å²) in [4.78, 5) is 26.1. The van der Waals surface area contributed by atoms with Crippen molar-refractivity contribution in [2.24, 2.45) is 0 Å². The largest absolute Gasteiger partial charge is 0.476 e. The van der Waals surface area contributed by atoms with Crippen molar-refractivity contribution in [2.75, 3.05) is 26.9 Å². The SMILES string of the molecule is CCCCCCCCCCCCCCCCOCCCOP(=O)(OC)O[C@H]1O[C@H](n2ccc(=O)[nH]c2=O)[C@@H]2OC(C)(C)O[C@@H]12. The van der Waals surface area contributed by atoms with Gasteiger partial charge in [0.25, 0.3) is 5.56 Å². The quantitative estimate of drug-likeness (QED) is 0.0968. The molecule has 0 aromatic carbocycles. The molecule has 2 fully saturated rings. The molecule has 12 nitrogen and oxygen atoms in total. The first-order chi connectivity index (χ1) is 21.2. The van der Waals surface area contributed by atoms with E-state index in [1.165, 1.54) is 107 Å². The lowest BCUT2D eigenvalue weighted by atomic mass is 10.0. The standard InChI is InChI=1S/C31H55N2O10P/c1-5-6-7-8-9-10-11-12-13-14-15-16-17-18-22-38-23-19-24-39-44(36,37-4)43-29-27-26(41-31(2,3)42-27)28(40-29)33-21-20-25(34)32-30(33)35/h20-21,26-29H,5-19,22-24H2,1-4H3,(H,32,34,35)/t26-,27-,28+,29-,44?/m1/s1. The number of rotatable bonds is 24. The molecule has 0 radical (unpaired) electrons. The number of H-pyrrole nitrogens is 1. The van der Waals surface area contributed by atoms with Gasteiger partial charge in [-0.05, 0) is 26.7 Å². The molecular weight excluding hydrogens is 591 g/mol. The van der Waals surface area contributed by atoms with Crippen LogP contribution in [0.1, 0.15) is 123 Å². The average Bonchev–Trinajstić information content (AvgIpc) is 3.47. The fraction of sp³-hybridized carbons (Fsp3) is 0.871. The molecule has 0 bridgehead atoms. The van der Waals surface area contributed by atoms with Gasteiger partial charge in [-0.15, -0.1) is 0 Å². The lowest BCUT2D eigenvalue weighted by Gasteiger charge is -2.26. The van der Waals surface area contributed by atoms with Gasteiger partial charge in [-0.2, -0.15) is 0 Å². The van der Waals surface area contributed by atoms with Gasteiger partial charge in [0.05, 0.1) is 6.61 Å². The topological polar surface area (TPSA) is 137 Å². The zero-order valence-electron chi connectivity index (χ0n) is 27.2. The molecule has 1 unspecified atom stereocenters. The Kier molecular flexibility index (Phi) is 16.3. The molecule has 1 N–H and O–H groups in total. The van der Waals surface area contributed by atoms with E-state index in [9.17, 15) is 14.2 Å². The number of nitrogens with one attached hydrogen (secondary N) is 1. The minimum absolute atomic E-state index is 0.0936. The summed E-state index contributed by atoms with van der Waals surface area (Å²) in [6, 6.07) is 1.19. The maximum atomic E-state index is 13.2. The van der Waals surface area contributed by atoms with E-state index >= 15 is 0 Å². The first-order valence-corrected chi connectivity index (χ1v) is 18.0. The van der Waals surface area contributed by atoms with Gasteiger partial charge in [0, 0.05) is 32.6 Å². The number of nitrogens with zero attached hydrogens (tertiary/aromatic N) is 1. The van der Waals surface area contributed by atoms with Gasteiger partial charge >= 0.3 is 13.5 Å². The second-order valence-electron chi connectivity index (χ2n) is 12.1. The Balaban J connectivity index is 1.26. The number of unbranched alkanes of at least 4 members (excludes halogenated alkanes) is 13. The number of ether oxygens (including phenoxy) is 4. The first kappa shape index (κ1) is 37.1. The van der Waals surface area contributed by atoms with Crippen LogP contribution in [0.2, 0.25) is 0 Å². The minimum Gasteiger partial charge on any atom is -0.381 e. The first-order valence-electron chi connectivity index (χ1n) is 16.6. The summed E-state index contributed by atoms with van der Waals surface area (Å²) in [6.45, 7) is 6.93. The predicted octanol–water partition coefficient (Wildman–Crippen LogP) is 6.59. The molecule has 0 saturated carbocycles. The summed E-state index contributed by atoms with van der Waals surface area (Å²) in [5.41, 5.74) is -1.23. The van der Waals surface area contributed by atoms with Crippen molar-refractivity contribution in [3.63, 3.8) is 0 Å². The maximum absolute atomic E-state index is 13.2. The van der Waals surface area contributed by atoms with E-state index in [2.05, 4.69) is 11.9 Å². The van der Waals surface area contributed by atoms with Crippen LogP contribution in [0.15, 0.2) is 21.9 Å². The Morgan fingerprint density at radius 3 is 2.00 bits per heavy atom. The zero-order valence-corrected chi connectivity index (χ0v) is 28.1. The van der Waals surface area contributed by atoms with Crippen molar-refractivity contribution in [3.8, 4) is 0 Å².